The molecule has 0 unspecified atom stereocenters. The lowest BCUT2D eigenvalue weighted by molar-refractivity contribution is 0.0884. The molecule has 2 aliphatic rings. The van der Waals surface area contributed by atoms with Gasteiger partial charge in [0, 0.05) is 44.6 Å². The number of carbonyl (C=O) groups is 1. The lowest BCUT2D eigenvalue weighted by atomic mass is 10.2. The highest BCUT2D eigenvalue weighted by Crippen LogP contribution is 2.16. The van der Waals surface area contributed by atoms with Gasteiger partial charge in [-0.15, -0.1) is 0 Å². The van der Waals surface area contributed by atoms with Crippen LogP contribution in [0, 0.1) is 0 Å². The number of rotatable bonds is 3. The number of aliphatic hydroxyl groups excluding tert-OH is 1. The summed E-state index contributed by atoms with van der Waals surface area (Å²) in [7, 11) is -3.32. The van der Waals surface area contributed by atoms with E-state index in [9.17, 15) is 18.3 Å². The molecule has 2 aliphatic heterocycles. The number of nitrogens with zero attached hydrogens (tertiary/aromatic N) is 5. The SMILES string of the molecule is O=C(N[C@@H]1CS(=O)(=O)C[C@H]1O)c1cn2c(n1)CCN(c1cnccn1)CC2. The molecule has 2 aromatic heterocycles. The van der Waals surface area contributed by atoms with Crippen LogP contribution in [0.1, 0.15) is 16.3 Å². The zero-order valence-corrected chi connectivity index (χ0v) is 15.3. The standard InChI is InChI=1S/C16H20N6O4S/c23-13-10-27(25,26)9-12(13)20-16(24)11-8-22-6-5-21(4-1-14(22)19-11)15-7-17-2-3-18-15/h2-3,7-8,12-13,23H,1,4-6,9-10H2,(H,20,24)/t12-,13-/m1/s1. The van der Waals surface area contributed by atoms with Gasteiger partial charge in [-0.2, -0.15) is 0 Å². The minimum absolute atomic E-state index is 0.231. The van der Waals surface area contributed by atoms with Crippen molar-refractivity contribution in [1.29, 1.82) is 0 Å². The summed E-state index contributed by atoms with van der Waals surface area (Å²) < 4.78 is 25.1. The Hall–Kier alpha value is -2.53. The molecule has 0 spiro atoms. The van der Waals surface area contributed by atoms with Gasteiger partial charge in [-0.1, -0.05) is 0 Å². The molecule has 0 aliphatic carbocycles. The third-order valence-corrected chi connectivity index (χ3v) is 6.54. The second-order valence-corrected chi connectivity index (χ2v) is 8.91. The average Bonchev–Trinajstić information content (AvgIpc) is 3.08. The Morgan fingerprint density at radius 2 is 2.07 bits per heavy atom. The summed E-state index contributed by atoms with van der Waals surface area (Å²) in [5.41, 5.74) is 0.231. The van der Waals surface area contributed by atoms with Crippen molar-refractivity contribution in [3.8, 4) is 0 Å². The van der Waals surface area contributed by atoms with E-state index in [0.29, 0.717) is 26.1 Å². The fourth-order valence-electron chi connectivity index (χ4n) is 3.42. The summed E-state index contributed by atoms with van der Waals surface area (Å²) in [6.45, 7) is 2.06. The lowest BCUT2D eigenvalue weighted by Gasteiger charge is -2.20. The Kier molecular flexibility index (Phi) is 4.56. The Bertz CT molecular complexity index is 920. The molecule has 0 bridgehead atoms. The highest BCUT2D eigenvalue weighted by molar-refractivity contribution is 7.91. The smallest absolute Gasteiger partial charge is 0.271 e. The first kappa shape index (κ1) is 17.9. The number of aliphatic hydroxyl groups is 1. The number of amides is 1. The number of anilines is 1. The number of fused-ring (bicyclic) bond motifs is 1. The zero-order chi connectivity index (χ0) is 19.0. The van der Waals surface area contributed by atoms with E-state index in [4.69, 9.17) is 0 Å². The van der Waals surface area contributed by atoms with Crippen molar-refractivity contribution in [3.05, 3.63) is 36.3 Å². The molecule has 10 nitrogen and oxygen atoms in total. The summed E-state index contributed by atoms with van der Waals surface area (Å²) in [6, 6.07) is -0.795. The Morgan fingerprint density at radius 3 is 2.78 bits per heavy atom. The van der Waals surface area contributed by atoms with Crippen LogP contribution in [-0.2, 0) is 22.8 Å². The number of hydrogen-bond acceptors (Lipinski definition) is 8. The third-order valence-electron chi connectivity index (χ3n) is 4.82. The molecule has 0 aromatic carbocycles. The number of sulfone groups is 1. The van der Waals surface area contributed by atoms with Crippen molar-refractivity contribution < 1.29 is 18.3 Å². The molecule has 2 atom stereocenters. The van der Waals surface area contributed by atoms with Crippen LogP contribution in [0.4, 0.5) is 5.82 Å². The van der Waals surface area contributed by atoms with Crippen molar-refractivity contribution in [1.82, 2.24) is 24.8 Å². The second-order valence-electron chi connectivity index (χ2n) is 6.76. The molecular formula is C16H20N6O4S. The predicted molar refractivity (Wildman–Crippen MR) is 96.1 cm³/mol. The molecule has 27 heavy (non-hydrogen) atoms. The van der Waals surface area contributed by atoms with Gasteiger partial charge < -0.3 is 19.9 Å². The highest BCUT2D eigenvalue weighted by atomic mass is 32.2. The Labute approximate surface area is 156 Å². The first-order valence-electron chi connectivity index (χ1n) is 8.68. The van der Waals surface area contributed by atoms with Crippen LogP contribution in [0.2, 0.25) is 0 Å². The molecule has 2 aromatic rings. The van der Waals surface area contributed by atoms with E-state index in [1.54, 1.807) is 24.8 Å². The maximum Gasteiger partial charge on any atom is 0.271 e. The fraction of sp³-hybridized carbons (Fsp3) is 0.500. The first-order chi connectivity index (χ1) is 12.9. The van der Waals surface area contributed by atoms with Gasteiger partial charge in [0.15, 0.2) is 9.84 Å². The van der Waals surface area contributed by atoms with Gasteiger partial charge >= 0.3 is 0 Å². The maximum atomic E-state index is 12.4. The van der Waals surface area contributed by atoms with Gasteiger partial charge in [-0.05, 0) is 0 Å². The molecule has 11 heteroatoms. The number of carbonyl (C=O) groups excluding carboxylic acids is 1. The molecule has 1 fully saturated rings. The Balaban J connectivity index is 1.43. The number of aromatic nitrogens is 4. The number of nitrogens with one attached hydrogen (secondary N) is 1. The highest BCUT2D eigenvalue weighted by Gasteiger charge is 2.37. The van der Waals surface area contributed by atoms with Gasteiger partial charge in [0.2, 0.25) is 0 Å². The van der Waals surface area contributed by atoms with Crippen LogP contribution < -0.4 is 10.2 Å². The molecule has 4 rings (SSSR count). The topological polar surface area (TPSA) is 130 Å². The van der Waals surface area contributed by atoms with Crippen LogP contribution in [-0.4, -0.2) is 75.7 Å². The van der Waals surface area contributed by atoms with Crippen molar-refractivity contribution in [3.63, 3.8) is 0 Å². The molecule has 4 heterocycles. The van der Waals surface area contributed by atoms with E-state index in [1.165, 1.54) is 0 Å². The third kappa shape index (κ3) is 3.78. The largest absolute Gasteiger partial charge is 0.390 e. The summed E-state index contributed by atoms with van der Waals surface area (Å²) >= 11 is 0. The van der Waals surface area contributed by atoms with Crippen molar-refractivity contribution >= 4 is 21.6 Å². The number of hydrogen-bond donors (Lipinski definition) is 2. The van der Waals surface area contributed by atoms with E-state index < -0.39 is 27.9 Å². The van der Waals surface area contributed by atoms with Crippen molar-refractivity contribution in [2.75, 3.05) is 29.5 Å². The normalized spacial score (nSPS) is 24.3. The van der Waals surface area contributed by atoms with Crippen LogP contribution in [0.15, 0.2) is 24.8 Å². The van der Waals surface area contributed by atoms with Gasteiger partial charge in [0.1, 0.15) is 17.3 Å². The maximum absolute atomic E-state index is 12.4. The van der Waals surface area contributed by atoms with Crippen LogP contribution >= 0.6 is 0 Å². The molecule has 1 amide bonds. The van der Waals surface area contributed by atoms with E-state index >= 15 is 0 Å². The fourth-order valence-corrected chi connectivity index (χ4v) is 5.17. The van der Waals surface area contributed by atoms with Crippen molar-refractivity contribution in [2.45, 2.75) is 25.1 Å². The van der Waals surface area contributed by atoms with Crippen LogP contribution in [0.5, 0.6) is 0 Å². The van der Waals surface area contributed by atoms with Gasteiger partial charge in [0.25, 0.3) is 5.91 Å². The minimum Gasteiger partial charge on any atom is -0.390 e. The first-order valence-corrected chi connectivity index (χ1v) is 10.5. The summed E-state index contributed by atoms with van der Waals surface area (Å²) in [4.78, 5) is 27.3. The quantitative estimate of drug-likeness (QED) is 0.654. The molecule has 0 saturated carbocycles. The van der Waals surface area contributed by atoms with E-state index in [2.05, 4.69) is 25.2 Å². The molecule has 1 saturated heterocycles. The monoisotopic (exact) mass is 392 g/mol. The van der Waals surface area contributed by atoms with E-state index in [0.717, 1.165) is 11.6 Å². The van der Waals surface area contributed by atoms with Gasteiger partial charge in [-0.25, -0.2) is 18.4 Å². The van der Waals surface area contributed by atoms with Crippen molar-refractivity contribution in [2.24, 2.45) is 0 Å². The molecule has 144 valence electrons. The molecule has 0 radical (unpaired) electrons. The van der Waals surface area contributed by atoms with E-state index in [1.807, 2.05) is 4.57 Å². The average molecular weight is 392 g/mol. The van der Waals surface area contributed by atoms with Gasteiger partial charge in [-0.3, -0.25) is 9.78 Å². The van der Waals surface area contributed by atoms with Crippen LogP contribution in [0.25, 0.3) is 0 Å². The van der Waals surface area contributed by atoms with Gasteiger partial charge in [0.05, 0.1) is 29.8 Å². The lowest BCUT2D eigenvalue weighted by Crippen LogP contribution is -2.42. The zero-order valence-electron chi connectivity index (χ0n) is 14.5. The Morgan fingerprint density at radius 1 is 1.22 bits per heavy atom. The molecular weight excluding hydrogens is 372 g/mol. The number of imidazole rings is 1. The summed E-state index contributed by atoms with van der Waals surface area (Å²) in [5.74, 6) is 0.544. The summed E-state index contributed by atoms with van der Waals surface area (Å²) in [5, 5.41) is 12.4. The van der Waals surface area contributed by atoms with E-state index in [-0.39, 0.29) is 17.2 Å². The predicted octanol–water partition coefficient (Wildman–Crippen LogP) is -1.38. The molecule has 2 N–H and O–H groups in total. The minimum atomic E-state index is -3.32. The second kappa shape index (κ2) is 6.89. The van der Waals surface area contributed by atoms with Crippen LogP contribution in [0.3, 0.4) is 0 Å². The summed E-state index contributed by atoms with van der Waals surface area (Å²) in [6.07, 6.45) is 6.22.